The molecule has 0 radical (unpaired) electrons. The second kappa shape index (κ2) is 6.80. The zero-order chi connectivity index (χ0) is 15.4. The van der Waals surface area contributed by atoms with Crippen molar-refractivity contribution >= 4 is 29.4 Å². The Morgan fingerprint density at radius 3 is 2.76 bits per heavy atom. The Morgan fingerprint density at radius 2 is 2.14 bits per heavy atom. The fraction of sp³-hybridized carbons (Fsp3) is 0.429. The monoisotopic (exact) mass is 312 g/mol. The van der Waals surface area contributed by atoms with Crippen molar-refractivity contribution in [2.75, 3.05) is 11.6 Å². The van der Waals surface area contributed by atoms with Gasteiger partial charge in [0.1, 0.15) is 5.82 Å². The summed E-state index contributed by atoms with van der Waals surface area (Å²) in [6.45, 7) is 0. The summed E-state index contributed by atoms with van der Waals surface area (Å²) in [5, 5.41) is 14.8. The van der Waals surface area contributed by atoms with Crippen molar-refractivity contribution in [3.63, 3.8) is 0 Å². The van der Waals surface area contributed by atoms with Gasteiger partial charge < -0.3 is 15.7 Å². The Bertz CT molecular complexity index is 553. The average Bonchev–Trinajstić information content (AvgIpc) is 2.88. The molecule has 2 atom stereocenters. The molecule has 1 aliphatic rings. The molecule has 1 aromatic carbocycles. The number of urea groups is 1. The third-order valence-corrected chi connectivity index (χ3v) is 4.60. The molecule has 1 aromatic rings. The Hall–Kier alpha value is -1.76. The van der Waals surface area contributed by atoms with Crippen LogP contribution in [0.15, 0.2) is 18.2 Å². The third-order valence-electron chi connectivity index (χ3n) is 3.51. The smallest absolute Gasteiger partial charge is 0.338 e. The van der Waals surface area contributed by atoms with Crippen LogP contribution in [0.4, 0.5) is 14.9 Å². The van der Waals surface area contributed by atoms with E-state index in [1.165, 1.54) is 6.07 Å². The highest BCUT2D eigenvalue weighted by atomic mass is 32.2. The van der Waals surface area contributed by atoms with E-state index in [0.29, 0.717) is 5.25 Å². The molecule has 0 aromatic heterocycles. The van der Waals surface area contributed by atoms with Gasteiger partial charge in [-0.3, -0.25) is 0 Å². The van der Waals surface area contributed by atoms with E-state index in [0.717, 1.165) is 31.4 Å². The molecule has 0 spiro atoms. The average molecular weight is 312 g/mol. The Morgan fingerprint density at radius 1 is 1.38 bits per heavy atom. The molecule has 0 saturated heterocycles. The number of benzene rings is 1. The van der Waals surface area contributed by atoms with E-state index in [1.54, 1.807) is 11.8 Å². The van der Waals surface area contributed by atoms with Crippen LogP contribution in [0.2, 0.25) is 0 Å². The standard InChI is InChI=1S/C14H17FN2O3S/c1-21-10-4-2-8(6-10)16-14(20)17-9-3-5-12(15)11(7-9)13(18)19/h3,5,7-8,10H,2,4,6H2,1H3,(H,18,19)(H2,16,17,20). The Labute approximate surface area is 126 Å². The van der Waals surface area contributed by atoms with Crippen LogP contribution in [0.25, 0.3) is 0 Å². The van der Waals surface area contributed by atoms with Gasteiger partial charge in [0.15, 0.2) is 0 Å². The highest BCUT2D eigenvalue weighted by molar-refractivity contribution is 7.99. The highest BCUT2D eigenvalue weighted by Gasteiger charge is 2.25. The van der Waals surface area contributed by atoms with Gasteiger partial charge in [-0.1, -0.05) is 0 Å². The lowest BCUT2D eigenvalue weighted by Crippen LogP contribution is -2.36. The van der Waals surface area contributed by atoms with Crippen molar-refractivity contribution in [1.29, 1.82) is 0 Å². The minimum Gasteiger partial charge on any atom is -0.478 e. The van der Waals surface area contributed by atoms with Gasteiger partial charge in [0.2, 0.25) is 0 Å². The van der Waals surface area contributed by atoms with Crippen molar-refractivity contribution < 1.29 is 19.1 Å². The van der Waals surface area contributed by atoms with Crippen LogP contribution in [-0.2, 0) is 0 Å². The molecule has 1 aliphatic carbocycles. The molecular formula is C14H17FN2O3S. The number of halogens is 1. The zero-order valence-electron chi connectivity index (χ0n) is 11.6. The normalized spacial score (nSPS) is 21.0. The molecule has 0 aliphatic heterocycles. The predicted molar refractivity (Wildman–Crippen MR) is 80.5 cm³/mol. The van der Waals surface area contributed by atoms with E-state index < -0.39 is 23.4 Å². The van der Waals surface area contributed by atoms with Crippen molar-refractivity contribution in [1.82, 2.24) is 5.32 Å². The number of amides is 2. The molecule has 2 rings (SSSR count). The van der Waals surface area contributed by atoms with Crippen LogP contribution < -0.4 is 10.6 Å². The van der Waals surface area contributed by atoms with Gasteiger partial charge in [-0.15, -0.1) is 0 Å². The van der Waals surface area contributed by atoms with Gasteiger partial charge in [0.05, 0.1) is 5.56 Å². The number of hydrogen-bond acceptors (Lipinski definition) is 3. The molecule has 1 fully saturated rings. The summed E-state index contributed by atoms with van der Waals surface area (Å²) < 4.78 is 13.3. The molecule has 0 bridgehead atoms. The summed E-state index contributed by atoms with van der Waals surface area (Å²) in [7, 11) is 0. The molecule has 5 nitrogen and oxygen atoms in total. The lowest BCUT2D eigenvalue weighted by Gasteiger charge is -2.14. The zero-order valence-corrected chi connectivity index (χ0v) is 12.4. The number of carbonyl (C=O) groups excluding carboxylic acids is 1. The van der Waals surface area contributed by atoms with Gasteiger partial charge in [-0.05, 0) is 43.7 Å². The van der Waals surface area contributed by atoms with E-state index >= 15 is 0 Å². The number of carboxylic acid groups (broad SMARTS) is 1. The number of rotatable bonds is 4. The molecule has 2 unspecified atom stereocenters. The van der Waals surface area contributed by atoms with Gasteiger partial charge in [0.25, 0.3) is 0 Å². The number of carbonyl (C=O) groups is 2. The van der Waals surface area contributed by atoms with E-state index in [2.05, 4.69) is 16.9 Å². The van der Waals surface area contributed by atoms with Gasteiger partial charge in [0, 0.05) is 17.0 Å². The summed E-state index contributed by atoms with van der Waals surface area (Å²) in [6.07, 6.45) is 4.99. The lowest BCUT2D eigenvalue weighted by atomic mass is 10.2. The molecule has 1 saturated carbocycles. The lowest BCUT2D eigenvalue weighted by molar-refractivity contribution is 0.0692. The quantitative estimate of drug-likeness (QED) is 0.799. The van der Waals surface area contributed by atoms with Crippen molar-refractivity contribution in [2.24, 2.45) is 0 Å². The van der Waals surface area contributed by atoms with Gasteiger partial charge in [-0.25, -0.2) is 14.0 Å². The first-order chi connectivity index (χ1) is 9.99. The summed E-state index contributed by atoms with van der Waals surface area (Å²) in [5.41, 5.74) is -0.207. The first-order valence-corrected chi connectivity index (χ1v) is 7.91. The van der Waals surface area contributed by atoms with Crippen LogP contribution in [0.3, 0.4) is 0 Å². The van der Waals surface area contributed by atoms with Crippen LogP contribution in [-0.4, -0.2) is 34.7 Å². The third kappa shape index (κ3) is 4.10. The first kappa shape index (κ1) is 15.6. The van der Waals surface area contributed by atoms with Crippen LogP contribution in [0.5, 0.6) is 0 Å². The molecule has 2 amide bonds. The minimum absolute atomic E-state index is 0.127. The second-order valence-corrected chi connectivity index (χ2v) is 6.10. The Kier molecular flexibility index (Phi) is 5.06. The molecule has 21 heavy (non-hydrogen) atoms. The summed E-state index contributed by atoms with van der Waals surface area (Å²) in [6, 6.07) is 3.20. The number of carboxylic acids is 1. The molecule has 3 N–H and O–H groups in total. The largest absolute Gasteiger partial charge is 0.478 e. The van der Waals surface area contributed by atoms with Crippen molar-refractivity contribution in [2.45, 2.75) is 30.6 Å². The second-order valence-electron chi connectivity index (χ2n) is 4.97. The number of hydrogen-bond donors (Lipinski definition) is 3. The molecule has 0 heterocycles. The van der Waals surface area contributed by atoms with Gasteiger partial charge in [-0.2, -0.15) is 11.8 Å². The fourth-order valence-corrected chi connectivity index (χ4v) is 3.20. The maximum atomic E-state index is 13.3. The summed E-state index contributed by atoms with van der Waals surface area (Å²) in [5.74, 6) is -2.19. The SMILES string of the molecule is CSC1CCC(NC(=O)Nc2ccc(F)c(C(=O)O)c2)C1. The van der Waals surface area contributed by atoms with E-state index in [9.17, 15) is 14.0 Å². The van der Waals surface area contributed by atoms with Crippen LogP contribution in [0, 0.1) is 5.82 Å². The Balaban J connectivity index is 1.94. The van der Waals surface area contributed by atoms with Crippen molar-refractivity contribution in [3.8, 4) is 0 Å². The van der Waals surface area contributed by atoms with Crippen LogP contribution >= 0.6 is 11.8 Å². The number of anilines is 1. The number of aromatic carboxylic acids is 1. The predicted octanol–water partition coefficient (Wildman–Crippen LogP) is 2.93. The maximum Gasteiger partial charge on any atom is 0.338 e. The van der Waals surface area contributed by atoms with Crippen molar-refractivity contribution in [3.05, 3.63) is 29.6 Å². The van der Waals surface area contributed by atoms with Crippen LogP contribution in [0.1, 0.15) is 29.6 Å². The topological polar surface area (TPSA) is 78.4 Å². The maximum absolute atomic E-state index is 13.3. The van der Waals surface area contributed by atoms with E-state index in [-0.39, 0.29) is 11.7 Å². The number of thioether (sulfide) groups is 1. The van der Waals surface area contributed by atoms with E-state index in [1.807, 2.05) is 0 Å². The highest BCUT2D eigenvalue weighted by Crippen LogP contribution is 2.28. The van der Waals surface area contributed by atoms with E-state index in [4.69, 9.17) is 5.11 Å². The summed E-state index contributed by atoms with van der Waals surface area (Å²) in [4.78, 5) is 22.7. The van der Waals surface area contributed by atoms with Gasteiger partial charge >= 0.3 is 12.0 Å². The first-order valence-electron chi connectivity index (χ1n) is 6.62. The number of nitrogens with one attached hydrogen (secondary N) is 2. The molecule has 7 heteroatoms. The fourth-order valence-electron chi connectivity index (χ4n) is 2.40. The molecule has 114 valence electrons. The molecular weight excluding hydrogens is 295 g/mol. The minimum atomic E-state index is -1.37. The summed E-state index contributed by atoms with van der Waals surface area (Å²) >= 11 is 1.80.